The molecule has 1 N–H and O–H groups in total. The standard InChI is InChI=1S/C25H25ClN6O3S/c1-16-8-13-20(35-16)23(25(34)27-18-5-2-3-6-18)32(19-11-9-17(26)10-12-19)22(33)15-31-29-24(28-30-31)21-7-4-14-36-21/h4,7-14,18,23H,2-3,5-6,15H2,1H3,(H,27,34)/t23-/m0/s1. The van der Waals surface area contributed by atoms with E-state index in [0.29, 0.717) is 28.1 Å². The number of nitrogens with one attached hydrogen (secondary N) is 1. The van der Waals surface area contributed by atoms with E-state index in [-0.39, 0.29) is 18.5 Å². The molecule has 0 saturated heterocycles. The Morgan fingerprint density at radius 2 is 1.97 bits per heavy atom. The predicted molar refractivity (Wildman–Crippen MR) is 137 cm³/mol. The third-order valence-corrected chi connectivity index (χ3v) is 7.20. The van der Waals surface area contributed by atoms with Crippen LogP contribution in [-0.4, -0.2) is 38.1 Å². The lowest BCUT2D eigenvalue weighted by Gasteiger charge is -2.30. The van der Waals surface area contributed by atoms with E-state index in [1.165, 1.54) is 21.0 Å². The van der Waals surface area contributed by atoms with Crippen molar-refractivity contribution in [1.82, 2.24) is 25.5 Å². The van der Waals surface area contributed by atoms with Gasteiger partial charge in [-0.05, 0) is 72.8 Å². The minimum Gasteiger partial charge on any atom is -0.464 e. The largest absolute Gasteiger partial charge is 0.464 e. The van der Waals surface area contributed by atoms with Gasteiger partial charge < -0.3 is 9.73 Å². The Hall–Kier alpha value is -3.50. The van der Waals surface area contributed by atoms with E-state index in [2.05, 4.69) is 20.7 Å². The van der Waals surface area contributed by atoms with Crippen LogP contribution in [0.3, 0.4) is 0 Å². The summed E-state index contributed by atoms with van der Waals surface area (Å²) in [5, 5.41) is 18.0. The molecule has 4 aromatic rings. The van der Waals surface area contributed by atoms with Gasteiger partial charge in [0.25, 0.3) is 11.8 Å². The van der Waals surface area contributed by atoms with Crippen molar-refractivity contribution in [1.29, 1.82) is 0 Å². The van der Waals surface area contributed by atoms with Crippen LogP contribution in [0, 0.1) is 6.92 Å². The predicted octanol–water partition coefficient (Wildman–Crippen LogP) is 4.79. The lowest BCUT2D eigenvalue weighted by molar-refractivity contribution is -0.128. The van der Waals surface area contributed by atoms with Gasteiger partial charge >= 0.3 is 0 Å². The number of hydrogen-bond donors (Lipinski definition) is 1. The number of thiophene rings is 1. The molecule has 1 aliphatic rings. The highest BCUT2D eigenvalue weighted by Gasteiger charge is 2.36. The Labute approximate surface area is 217 Å². The van der Waals surface area contributed by atoms with E-state index in [0.717, 1.165) is 30.6 Å². The zero-order chi connectivity index (χ0) is 25.1. The Bertz CT molecular complexity index is 1330. The molecule has 0 spiro atoms. The van der Waals surface area contributed by atoms with Gasteiger partial charge in [-0.25, -0.2) is 0 Å². The number of anilines is 1. The number of aromatic nitrogens is 4. The molecular weight excluding hydrogens is 500 g/mol. The summed E-state index contributed by atoms with van der Waals surface area (Å²) in [6, 6.07) is 13.1. The molecule has 1 fully saturated rings. The number of furan rings is 1. The van der Waals surface area contributed by atoms with Crippen molar-refractivity contribution in [3.8, 4) is 10.7 Å². The van der Waals surface area contributed by atoms with Gasteiger partial charge in [0.05, 0.1) is 4.88 Å². The molecular formula is C25H25ClN6O3S. The lowest BCUT2D eigenvalue weighted by atomic mass is 10.1. The average Bonchev–Trinajstić information content (AvgIpc) is 3.66. The molecule has 1 aliphatic carbocycles. The molecule has 0 aliphatic heterocycles. The molecule has 9 nitrogen and oxygen atoms in total. The zero-order valence-corrected chi connectivity index (χ0v) is 21.2. The van der Waals surface area contributed by atoms with Crippen LogP contribution in [0.2, 0.25) is 5.02 Å². The number of tetrazole rings is 1. The Morgan fingerprint density at radius 1 is 1.19 bits per heavy atom. The molecule has 0 unspecified atom stereocenters. The van der Waals surface area contributed by atoms with Crippen molar-refractivity contribution in [2.45, 2.75) is 51.2 Å². The number of carbonyl (C=O) groups is 2. The van der Waals surface area contributed by atoms with Gasteiger partial charge in [-0.3, -0.25) is 14.5 Å². The van der Waals surface area contributed by atoms with Crippen molar-refractivity contribution < 1.29 is 14.0 Å². The summed E-state index contributed by atoms with van der Waals surface area (Å²) in [7, 11) is 0. The fraction of sp³-hybridized carbons (Fsp3) is 0.320. The first-order chi connectivity index (χ1) is 17.5. The first-order valence-electron chi connectivity index (χ1n) is 11.7. The number of rotatable bonds is 8. The van der Waals surface area contributed by atoms with Crippen LogP contribution in [0.1, 0.15) is 43.2 Å². The van der Waals surface area contributed by atoms with Gasteiger partial charge in [0.15, 0.2) is 6.04 Å². The summed E-state index contributed by atoms with van der Waals surface area (Å²) < 4.78 is 5.88. The monoisotopic (exact) mass is 524 g/mol. The molecule has 36 heavy (non-hydrogen) atoms. The average molecular weight is 525 g/mol. The smallest absolute Gasteiger partial charge is 0.251 e. The molecule has 3 aromatic heterocycles. The molecule has 0 bridgehead atoms. The van der Waals surface area contributed by atoms with Crippen molar-refractivity contribution in [3.63, 3.8) is 0 Å². The second-order valence-electron chi connectivity index (χ2n) is 8.70. The maximum absolute atomic E-state index is 13.8. The molecule has 1 aromatic carbocycles. The third-order valence-electron chi connectivity index (χ3n) is 6.08. The lowest BCUT2D eigenvalue weighted by Crippen LogP contribution is -2.47. The highest BCUT2D eigenvalue weighted by atomic mass is 35.5. The van der Waals surface area contributed by atoms with E-state index in [4.69, 9.17) is 16.0 Å². The van der Waals surface area contributed by atoms with Crippen LogP contribution in [0.25, 0.3) is 10.7 Å². The minimum absolute atomic E-state index is 0.0727. The quantitative estimate of drug-likeness (QED) is 0.355. The van der Waals surface area contributed by atoms with Crippen molar-refractivity contribution in [3.05, 3.63) is 70.5 Å². The second kappa shape index (κ2) is 10.6. The number of aryl methyl sites for hydroxylation is 1. The maximum atomic E-state index is 13.8. The van der Waals surface area contributed by atoms with Gasteiger partial charge in [0, 0.05) is 16.8 Å². The van der Waals surface area contributed by atoms with Gasteiger partial charge in [0.1, 0.15) is 18.1 Å². The molecule has 3 heterocycles. The number of hydrogen-bond acceptors (Lipinski definition) is 7. The molecule has 11 heteroatoms. The van der Waals surface area contributed by atoms with E-state index >= 15 is 0 Å². The molecule has 1 atom stereocenters. The van der Waals surface area contributed by atoms with Crippen LogP contribution in [0.5, 0.6) is 0 Å². The normalized spacial score (nSPS) is 14.6. The third kappa shape index (κ3) is 5.34. The molecule has 0 radical (unpaired) electrons. The summed E-state index contributed by atoms with van der Waals surface area (Å²) in [5.41, 5.74) is 0.503. The number of nitrogens with zero attached hydrogens (tertiary/aromatic N) is 5. The van der Waals surface area contributed by atoms with Crippen molar-refractivity contribution >= 4 is 40.4 Å². The van der Waals surface area contributed by atoms with Crippen molar-refractivity contribution in [2.24, 2.45) is 0 Å². The fourth-order valence-corrected chi connectivity index (χ4v) is 5.15. The summed E-state index contributed by atoms with van der Waals surface area (Å²) in [6.45, 7) is 1.59. The number of amides is 2. The summed E-state index contributed by atoms with van der Waals surface area (Å²) in [4.78, 5) is 31.0. The second-order valence-corrected chi connectivity index (χ2v) is 10.1. The maximum Gasteiger partial charge on any atom is 0.251 e. The summed E-state index contributed by atoms with van der Waals surface area (Å²) in [6.07, 6.45) is 3.97. The van der Waals surface area contributed by atoms with Gasteiger partial charge in [-0.2, -0.15) is 4.80 Å². The highest BCUT2D eigenvalue weighted by molar-refractivity contribution is 7.13. The summed E-state index contributed by atoms with van der Waals surface area (Å²) >= 11 is 7.61. The molecule has 186 valence electrons. The molecule has 2 amide bonds. The minimum atomic E-state index is -1.02. The van der Waals surface area contributed by atoms with Gasteiger partial charge in [-0.1, -0.05) is 30.5 Å². The van der Waals surface area contributed by atoms with E-state index in [9.17, 15) is 9.59 Å². The topological polar surface area (TPSA) is 106 Å². The Balaban J connectivity index is 1.49. The van der Waals surface area contributed by atoms with Crippen LogP contribution in [-0.2, 0) is 16.1 Å². The number of benzene rings is 1. The molecule has 5 rings (SSSR count). The zero-order valence-electron chi connectivity index (χ0n) is 19.6. The van der Waals surface area contributed by atoms with Crippen LogP contribution < -0.4 is 10.2 Å². The van der Waals surface area contributed by atoms with E-state index < -0.39 is 11.9 Å². The van der Waals surface area contributed by atoms with E-state index in [1.54, 1.807) is 43.3 Å². The van der Waals surface area contributed by atoms with Crippen LogP contribution in [0.4, 0.5) is 5.69 Å². The van der Waals surface area contributed by atoms with E-state index in [1.807, 2.05) is 17.5 Å². The van der Waals surface area contributed by atoms with Crippen LogP contribution >= 0.6 is 22.9 Å². The number of halogens is 1. The first kappa shape index (κ1) is 24.2. The Morgan fingerprint density at radius 3 is 2.64 bits per heavy atom. The molecule has 1 saturated carbocycles. The van der Waals surface area contributed by atoms with Crippen molar-refractivity contribution in [2.75, 3.05) is 4.90 Å². The van der Waals surface area contributed by atoms with Gasteiger partial charge in [-0.15, -0.1) is 21.5 Å². The number of carbonyl (C=O) groups excluding carboxylic acids is 2. The van der Waals surface area contributed by atoms with Gasteiger partial charge in [0.2, 0.25) is 5.82 Å². The first-order valence-corrected chi connectivity index (χ1v) is 13.0. The highest BCUT2D eigenvalue weighted by Crippen LogP contribution is 2.31. The summed E-state index contributed by atoms with van der Waals surface area (Å²) in [5.74, 6) is 0.759. The Kier molecular flexibility index (Phi) is 7.15. The fourth-order valence-electron chi connectivity index (χ4n) is 4.37. The van der Waals surface area contributed by atoms with Crippen LogP contribution in [0.15, 0.2) is 58.3 Å². The SMILES string of the molecule is Cc1ccc([C@@H](C(=O)NC2CCCC2)N(C(=O)Cn2nnc(-c3cccs3)n2)c2ccc(Cl)cc2)o1.